The molecule has 0 aliphatic carbocycles. The van der Waals surface area contributed by atoms with E-state index in [1.54, 1.807) is 24.3 Å². The number of nitrogens with zero attached hydrogens (tertiary/aromatic N) is 3. The van der Waals surface area contributed by atoms with E-state index in [2.05, 4.69) is 22.0 Å². The van der Waals surface area contributed by atoms with Gasteiger partial charge < -0.3 is 14.8 Å². The van der Waals surface area contributed by atoms with E-state index in [0.29, 0.717) is 34.1 Å². The van der Waals surface area contributed by atoms with Crippen molar-refractivity contribution in [3.05, 3.63) is 52.7 Å². The number of amidine groups is 1. The highest BCUT2D eigenvalue weighted by molar-refractivity contribution is 6.30. The number of oxime groups is 1. The van der Waals surface area contributed by atoms with Crippen molar-refractivity contribution >= 4 is 17.4 Å². The molecule has 1 N–H and O–H groups in total. The predicted molar refractivity (Wildman–Crippen MR) is 94.2 cm³/mol. The summed E-state index contributed by atoms with van der Waals surface area (Å²) >= 11 is 5.92. The van der Waals surface area contributed by atoms with Gasteiger partial charge in [0.1, 0.15) is 5.75 Å². The van der Waals surface area contributed by atoms with Gasteiger partial charge in [-0.1, -0.05) is 16.8 Å². The average molecular weight is 346 g/mol. The standard InChI is InChI=1S/C18H20ClN3O2/c1-12-5-10-16(17(21-23)22-11-3-4-13(22)2)18(20-12)24-15-8-6-14(19)7-9-15/h5-10,13,23H,3-4,11H2,1-2H3/b21-17-. The summed E-state index contributed by atoms with van der Waals surface area (Å²) in [5, 5.41) is 13.8. The fourth-order valence-corrected chi connectivity index (χ4v) is 3.04. The minimum absolute atomic E-state index is 0.320. The minimum atomic E-state index is 0.320. The van der Waals surface area contributed by atoms with Crippen LogP contribution in [0.5, 0.6) is 11.6 Å². The summed E-state index contributed by atoms with van der Waals surface area (Å²) in [6.07, 6.45) is 2.15. The highest BCUT2D eigenvalue weighted by Gasteiger charge is 2.27. The Morgan fingerprint density at radius 3 is 2.67 bits per heavy atom. The predicted octanol–water partition coefficient (Wildman–Crippen LogP) is 4.46. The monoisotopic (exact) mass is 345 g/mol. The average Bonchev–Trinajstić information content (AvgIpc) is 2.98. The first-order valence-corrected chi connectivity index (χ1v) is 8.36. The Kier molecular flexibility index (Phi) is 4.90. The summed E-state index contributed by atoms with van der Waals surface area (Å²) in [5.41, 5.74) is 1.50. The molecular weight excluding hydrogens is 326 g/mol. The van der Waals surface area contributed by atoms with Crippen molar-refractivity contribution in [2.24, 2.45) is 5.16 Å². The highest BCUT2D eigenvalue weighted by Crippen LogP contribution is 2.28. The third-order valence-corrected chi connectivity index (χ3v) is 4.44. The first-order valence-electron chi connectivity index (χ1n) is 7.98. The Balaban J connectivity index is 1.97. The van der Waals surface area contributed by atoms with Crippen LogP contribution in [0.1, 0.15) is 31.0 Å². The van der Waals surface area contributed by atoms with Crippen LogP contribution in [-0.4, -0.2) is 33.5 Å². The largest absolute Gasteiger partial charge is 0.438 e. The van der Waals surface area contributed by atoms with Crippen molar-refractivity contribution in [1.29, 1.82) is 0 Å². The number of aryl methyl sites for hydroxylation is 1. The van der Waals surface area contributed by atoms with Crippen molar-refractivity contribution in [3.8, 4) is 11.6 Å². The van der Waals surface area contributed by atoms with Gasteiger partial charge in [0.25, 0.3) is 0 Å². The smallest absolute Gasteiger partial charge is 0.230 e. The van der Waals surface area contributed by atoms with E-state index >= 15 is 0 Å². The zero-order valence-corrected chi connectivity index (χ0v) is 14.5. The van der Waals surface area contributed by atoms with Crippen LogP contribution in [-0.2, 0) is 0 Å². The zero-order valence-electron chi connectivity index (χ0n) is 13.7. The number of likely N-dealkylation sites (tertiary alicyclic amines) is 1. The van der Waals surface area contributed by atoms with E-state index in [9.17, 15) is 5.21 Å². The molecule has 0 saturated carbocycles. The highest BCUT2D eigenvalue weighted by atomic mass is 35.5. The molecule has 0 radical (unpaired) electrons. The molecule has 1 saturated heterocycles. The molecule has 0 bridgehead atoms. The molecule has 2 aromatic rings. The van der Waals surface area contributed by atoms with E-state index in [1.165, 1.54) is 0 Å². The van der Waals surface area contributed by atoms with Gasteiger partial charge in [0.05, 0.1) is 5.56 Å². The van der Waals surface area contributed by atoms with Crippen molar-refractivity contribution < 1.29 is 9.94 Å². The Morgan fingerprint density at radius 1 is 1.29 bits per heavy atom. The van der Waals surface area contributed by atoms with Gasteiger partial charge >= 0.3 is 0 Å². The van der Waals surface area contributed by atoms with E-state index < -0.39 is 0 Å². The van der Waals surface area contributed by atoms with E-state index in [1.807, 2.05) is 19.1 Å². The Hall–Kier alpha value is -2.27. The summed E-state index contributed by atoms with van der Waals surface area (Å²) in [5.74, 6) is 1.55. The molecule has 0 amide bonds. The van der Waals surface area contributed by atoms with Crippen LogP contribution in [0.15, 0.2) is 41.6 Å². The minimum Gasteiger partial charge on any atom is -0.438 e. The van der Waals surface area contributed by atoms with Crippen LogP contribution in [0.4, 0.5) is 0 Å². The SMILES string of the molecule is Cc1ccc(/C(=N/O)N2CCCC2C)c(Oc2ccc(Cl)cc2)n1. The lowest BCUT2D eigenvalue weighted by atomic mass is 10.2. The van der Waals surface area contributed by atoms with Crippen molar-refractivity contribution in [2.45, 2.75) is 32.7 Å². The second-order valence-electron chi connectivity index (χ2n) is 5.97. The van der Waals surface area contributed by atoms with E-state index in [-0.39, 0.29) is 0 Å². The molecule has 126 valence electrons. The first-order chi connectivity index (χ1) is 11.6. The number of aromatic nitrogens is 1. The van der Waals surface area contributed by atoms with Gasteiger partial charge in [0.2, 0.25) is 5.88 Å². The lowest BCUT2D eigenvalue weighted by molar-refractivity contribution is 0.298. The maximum absolute atomic E-state index is 9.60. The maximum Gasteiger partial charge on any atom is 0.230 e. The number of pyridine rings is 1. The number of benzene rings is 1. The fraction of sp³-hybridized carbons (Fsp3) is 0.333. The van der Waals surface area contributed by atoms with Crippen LogP contribution >= 0.6 is 11.6 Å². The molecule has 1 aromatic carbocycles. The second-order valence-corrected chi connectivity index (χ2v) is 6.41. The third kappa shape index (κ3) is 3.46. The van der Waals surface area contributed by atoms with Gasteiger partial charge in [-0.3, -0.25) is 0 Å². The third-order valence-electron chi connectivity index (χ3n) is 4.19. The second kappa shape index (κ2) is 7.09. The lowest BCUT2D eigenvalue weighted by Crippen LogP contribution is -2.34. The van der Waals surface area contributed by atoms with Gasteiger partial charge in [0.15, 0.2) is 5.84 Å². The van der Waals surface area contributed by atoms with Gasteiger partial charge in [-0.15, -0.1) is 0 Å². The Bertz CT molecular complexity index is 746. The number of halogens is 1. The molecule has 5 nitrogen and oxygen atoms in total. The molecule has 2 heterocycles. The molecule has 6 heteroatoms. The van der Waals surface area contributed by atoms with E-state index in [4.69, 9.17) is 16.3 Å². The normalized spacial score (nSPS) is 18.0. The molecule has 1 unspecified atom stereocenters. The molecule has 1 fully saturated rings. The van der Waals surface area contributed by atoms with Gasteiger partial charge in [0, 0.05) is 23.3 Å². The summed E-state index contributed by atoms with van der Waals surface area (Å²) in [4.78, 5) is 6.57. The van der Waals surface area contributed by atoms with Crippen LogP contribution in [0.2, 0.25) is 5.02 Å². The number of hydrogen-bond acceptors (Lipinski definition) is 4. The van der Waals surface area contributed by atoms with Gasteiger partial charge in [-0.25, -0.2) is 4.98 Å². The summed E-state index contributed by atoms with van der Waals surface area (Å²) in [6.45, 7) is 4.88. The van der Waals surface area contributed by atoms with Gasteiger partial charge in [-0.05, 0) is 63.1 Å². The Morgan fingerprint density at radius 2 is 2.04 bits per heavy atom. The molecule has 1 aliphatic heterocycles. The number of rotatable bonds is 3. The van der Waals surface area contributed by atoms with Crippen LogP contribution in [0.25, 0.3) is 0 Å². The van der Waals surface area contributed by atoms with Crippen molar-refractivity contribution in [2.75, 3.05) is 6.54 Å². The maximum atomic E-state index is 9.60. The summed E-state index contributed by atoms with van der Waals surface area (Å²) in [6, 6.07) is 11.2. The van der Waals surface area contributed by atoms with Crippen LogP contribution in [0.3, 0.4) is 0 Å². The molecule has 1 aliphatic rings. The van der Waals surface area contributed by atoms with Crippen LogP contribution in [0, 0.1) is 6.92 Å². The van der Waals surface area contributed by atoms with Gasteiger partial charge in [-0.2, -0.15) is 0 Å². The summed E-state index contributed by atoms with van der Waals surface area (Å²) < 4.78 is 5.93. The quantitative estimate of drug-likeness (QED) is 0.386. The number of hydrogen-bond donors (Lipinski definition) is 1. The molecule has 3 rings (SSSR count). The summed E-state index contributed by atoms with van der Waals surface area (Å²) in [7, 11) is 0. The molecule has 0 spiro atoms. The zero-order chi connectivity index (χ0) is 17.1. The van der Waals surface area contributed by atoms with E-state index in [0.717, 1.165) is 25.1 Å². The molecule has 24 heavy (non-hydrogen) atoms. The van der Waals surface area contributed by atoms with Crippen molar-refractivity contribution in [3.63, 3.8) is 0 Å². The lowest BCUT2D eigenvalue weighted by Gasteiger charge is -2.25. The molecule has 1 atom stereocenters. The fourth-order valence-electron chi connectivity index (χ4n) is 2.91. The topological polar surface area (TPSA) is 58.0 Å². The molecule has 1 aromatic heterocycles. The number of ether oxygens (including phenoxy) is 1. The Labute approximate surface area is 146 Å². The van der Waals surface area contributed by atoms with Crippen molar-refractivity contribution in [1.82, 2.24) is 9.88 Å². The van der Waals surface area contributed by atoms with Crippen LogP contribution < -0.4 is 4.74 Å². The first kappa shape index (κ1) is 16.6. The molecular formula is C18H20ClN3O2.